The second-order valence-electron chi connectivity index (χ2n) is 6.45. The zero-order valence-corrected chi connectivity index (χ0v) is 16.8. The quantitative estimate of drug-likeness (QED) is 0.663. The van der Waals surface area contributed by atoms with Crippen LogP contribution in [0, 0.1) is 0 Å². The van der Waals surface area contributed by atoms with Crippen molar-refractivity contribution in [3.8, 4) is 0 Å². The van der Waals surface area contributed by atoms with E-state index in [1.54, 1.807) is 24.3 Å². The minimum atomic E-state index is -4.19. The first-order chi connectivity index (χ1) is 12.4. The van der Waals surface area contributed by atoms with E-state index in [0.717, 1.165) is 11.9 Å². The fourth-order valence-corrected chi connectivity index (χ4v) is 4.81. The van der Waals surface area contributed by atoms with Gasteiger partial charge < -0.3 is 10.0 Å². The molecule has 0 aliphatic rings. The molecule has 0 heterocycles. The van der Waals surface area contributed by atoms with Crippen molar-refractivity contribution in [1.29, 1.82) is 0 Å². The third-order valence-corrected chi connectivity index (χ3v) is 6.51. The van der Waals surface area contributed by atoms with Crippen LogP contribution >= 0.6 is 0 Å². The molecule has 148 valence electrons. The molecule has 8 nitrogen and oxygen atoms in total. The Morgan fingerprint density at radius 2 is 1.67 bits per heavy atom. The number of hydrogen-bond donors (Lipinski definition) is 2. The highest BCUT2D eigenvalue weighted by Crippen LogP contribution is 2.30. The molecule has 0 unspecified atom stereocenters. The lowest BCUT2D eigenvalue weighted by Gasteiger charge is -2.18. The molecule has 0 aromatic heterocycles. The van der Waals surface area contributed by atoms with Crippen LogP contribution in [0.15, 0.2) is 41.3 Å². The van der Waals surface area contributed by atoms with Crippen molar-refractivity contribution in [2.45, 2.75) is 17.4 Å². The Kier molecular flexibility index (Phi) is 6.13. The summed E-state index contributed by atoms with van der Waals surface area (Å²) in [7, 11) is -3.95. The number of hydrogen-bond acceptors (Lipinski definition) is 6. The van der Waals surface area contributed by atoms with E-state index < -0.39 is 37.6 Å². The fourth-order valence-electron chi connectivity index (χ4n) is 2.70. The van der Waals surface area contributed by atoms with Crippen LogP contribution in [0.25, 0.3) is 10.8 Å². The Morgan fingerprint density at radius 1 is 1.07 bits per heavy atom. The van der Waals surface area contributed by atoms with Gasteiger partial charge in [0.25, 0.3) is 0 Å². The standard InChI is InChI=1S/C17H22N2O6S2/c1-19(2)15-8-4-7-13-12(15)6-5-9-16(13)27(24,25)18-14(17(20)21)10-11-26(3,22)23/h4-9,14,18H,10-11H2,1-3H3,(H,20,21)/t14-/m0/s1. The predicted octanol–water partition coefficient (Wildman–Crippen LogP) is 1.07. The molecule has 0 aliphatic carbocycles. The Bertz CT molecular complexity index is 1060. The lowest BCUT2D eigenvalue weighted by molar-refractivity contribution is -0.139. The van der Waals surface area contributed by atoms with Crippen molar-refractivity contribution in [3.63, 3.8) is 0 Å². The molecule has 0 saturated heterocycles. The number of nitrogens with one attached hydrogen (secondary N) is 1. The molecule has 2 rings (SSSR count). The van der Waals surface area contributed by atoms with Gasteiger partial charge in [-0.25, -0.2) is 16.8 Å². The van der Waals surface area contributed by atoms with Crippen LogP contribution in [0.2, 0.25) is 0 Å². The molecule has 0 bridgehead atoms. The maximum absolute atomic E-state index is 12.8. The van der Waals surface area contributed by atoms with Crippen LogP contribution < -0.4 is 9.62 Å². The number of aliphatic carboxylic acids is 1. The highest BCUT2D eigenvalue weighted by molar-refractivity contribution is 7.90. The van der Waals surface area contributed by atoms with Gasteiger partial charge in [0.05, 0.1) is 10.6 Å². The Balaban J connectivity index is 2.46. The number of nitrogens with zero attached hydrogens (tertiary/aromatic N) is 1. The van der Waals surface area contributed by atoms with Crippen molar-refractivity contribution < 1.29 is 26.7 Å². The monoisotopic (exact) mass is 414 g/mol. The molecule has 27 heavy (non-hydrogen) atoms. The summed E-state index contributed by atoms with van der Waals surface area (Å²) >= 11 is 0. The molecule has 2 aromatic carbocycles. The van der Waals surface area contributed by atoms with E-state index in [-0.39, 0.29) is 11.3 Å². The first kappa shape index (κ1) is 21.1. The number of carboxylic acids is 1. The van der Waals surface area contributed by atoms with Gasteiger partial charge in [-0.15, -0.1) is 0 Å². The number of anilines is 1. The van der Waals surface area contributed by atoms with Crippen molar-refractivity contribution in [2.75, 3.05) is 31.0 Å². The summed E-state index contributed by atoms with van der Waals surface area (Å²) in [6.45, 7) is 0. The van der Waals surface area contributed by atoms with Gasteiger partial charge in [-0.1, -0.05) is 24.3 Å². The molecule has 0 aliphatic heterocycles. The molecular weight excluding hydrogens is 392 g/mol. The summed E-state index contributed by atoms with van der Waals surface area (Å²) in [4.78, 5) is 13.2. The first-order valence-electron chi connectivity index (χ1n) is 8.04. The van der Waals surface area contributed by atoms with E-state index in [1.807, 2.05) is 25.1 Å². The molecule has 0 spiro atoms. The minimum absolute atomic E-state index is 0.0608. The van der Waals surface area contributed by atoms with E-state index in [2.05, 4.69) is 4.72 Å². The molecule has 2 N–H and O–H groups in total. The number of rotatable bonds is 8. The largest absolute Gasteiger partial charge is 0.480 e. The Labute approximate surface area is 158 Å². The van der Waals surface area contributed by atoms with Gasteiger partial charge >= 0.3 is 5.97 Å². The van der Waals surface area contributed by atoms with E-state index >= 15 is 0 Å². The smallest absolute Gasteiger partial charge is 0.321 e. The van der Waals surface area contributed by atoms with Crippen LogP contribution in [-0.4, -0.2) is 60.1 Å². The van der Waals surface area contributed by atoms with Crippen LogP contribution in [0.3, 0.4) is 0 Å². The molecule has 0 amide bonds. The summed E-state index contributed by atoms with van der Waals surface area (Å²) in [5.41, 5.74) is 0.816. The first-order valence-corrected chi connectivity index (χ1v) is 11.6. The molecule has 2 aromatic rings. The molecule has 0 saturated carbocycles. The van der Waals surface area contributed by atoms with Gasteiger partial charge in [-0.3, -0.25) is 4.79 Å². The van der Waals surface area contributed by atoms with Crippen LogP contribution in [0.5, 0.6) is 0 Å². The van der Waals surface area contributed by atoms with Crippen LogP contribution in [0.4, 0.5) is 5.69 Å². The zero-order valence-electron chi connectivity index (χ0n) is 15.2. The molecule has 0 fully saturated rings. The third kappa shape index (κ3) is 5.18. The fraction of sp³-hybridized carbons (Fsp3) is 0.353. The van der Waals surface area contributed by atoms with E-state index in [0.29, 0.717) is 10.8 Å². The predicted molar refractivity (Wildman–Crippen MR) is 104 cm³/mol. The number of carbonyl (C=O) groups is 1. The third-order valence-electron chi connectivity index (χ3n) is 4.00. The second-order valence-corrected chi connectivity index (χ2v) is 10.4. The van der Waals surface area contributed by atoms with Crippen molar-refractivity contribution >= 4 is 42.3 Å². The molecule has 1 atom stereocenters. The Hall–Kier alpha value is -2.17. The maximum atomic E-state index is 12.8. The zero-order chi connectivity index (χ0) is 20.4. The van der Waals surface area contributed by atoms with Crippen LogP contribution in [0.1, 0.15) is 6.42 Å². The van der Waals surface area contributed by atoms with Gasteiger partial charge in [0.15, 0.2) is 0 Å². The number of benzene rings is 2. The number of fused-ring (bicyclic) bond motifs is 1. The van der Waals surface area contributed by atoms with Gasteiger partial charge in [0, 0.05) is 36.8 Å². The van der Waals surface area contributed by atoms with E-state index in [9.17, 15) is 26.7 Å². The van der Waals surface area contributed by atoms with Gasteiger partial charge in [0.1, 0.15) is 15.9 Å². The summed E-state index contributed by atoms with van der Waals surface area (Å²) in [5.74, 6) is -1.87. The molecular formula is C17H22N2O6S2. The minimum Gasteiger partial charge on any atom is -0.480 e. The maximum Gasteiger partial charge on any atom is 0.321 e. The molecule has 0 radical (unpaired) electrons. The second kappa shape index (κ2) is 7.83. The summed E-state index contributed by atoms with van der Waals surface area (Å²) < 4.78 is 50.4. The SMILES string of the molecule is CN(C)c1cccc2c(S(=O)(=O)N[C@@H](CCS(C)(=O)=O)C(=O)O)cccc12. The number of carboxylic acid groups (broad SMARTS) is 1. The van der Waals surface area contributed by atoms with Crippen molar-refractivity contribution in [2.24, 2.45) is 0 Å². The average Bonchev–Trinajstić information content (AvgIpc) is 2.56. The van der Waals surface area contributed by atoms with E-state index in [4.69, 9.17) is 0 Å². The van der Waals surface area contributed by atoms with Crippen molar-refractivity contribution in [1.82, 2.24) is 4.72 Å². The normalized spacial score (nSPS) is 13.4. The summed E-state index contributed by atoms with van der Waals surface area (Å²) in [5, 5.41) is 10.4. The summed E-state index contributed by atoms with van der Waals surface area (Å²) in [6, 6.07) is 8.41. The highest BCUT2D eigenvalue weighted by atomic mass is 32.2. The van der Waals surface area contributed by atoms with E-state index in [1.165, 1.54) is 6.07 Å². The topological polar surface area (TPSA) is 121 Å². The highest BCUT2D eigenvalue weighted by Gasteiger charge is 2.27. The number of sulfone groups is 1. The van der Waals surface area contributed by atoms with Gasteiger partial charge in [-0.2, -0.15) is 4.72 Å². The lowest BCUT2D eigenvalue weighted by Crippen LogP contribution is -2.41. The summed E-state index contributed by atoms with van der Waals surface area (Å²) in [6.07, 6.45) is 0.606. The van der Waals surface area contributed by atoms with Crippen LogP contribution in [-0.2, 0) is 24.7 Å². The van der Waals surface area contributed by atoms with Gasteiger partial charge in [-0.05, 0) is 18.6 Å². The Morgan fingerprint density at radius 3 is 2.22 bits per heavy atom. The van der Waals surface area contributed by atoms with Gasteiger partial charge in [0.2, 0.25) is 10.0 Å². The lowest BCUT2D eigenvalue weighted by atomic mass is 10.1. The van der Waals surface area contributed by atoms with Crippen molar-refractivity contribution in [3.05, 3.63) is 36.4 Å². The average molecular weight is 415 g/mol. The molecule has 10 heteroatoms. The number of sulfonamides is 1.